The molecule has 1 atom stereocenters. The third-order valence-electron chi connectivity index (χ3n) is 1.75. The number of nitrogens with two attached hydrogens (primary N) is 1. The average Bonchev–Trinajstić information content (AvgIpc) is 2.03. The molecule has 0 saturated carbocycles. The first-order valence-electron chi connectivity index (χ1n) is 4.11. The van der Waals surface area contributed by atoms with Crippen LogP contribution >= 0.6 is 15.9 Å². The molecule has 1 aromatic heterocycles. The van der Waals surface area contributed by atoms with Crippen molar-refractivity contribution in [3.8, 4) is 0 Å². The molecule has 2 nitrogen and oxygen atoms in total. The zero-order valence-corrected chi connectivity index (χ0v) is 9.21. The summed E-state index contributed by atoms with van der Waals surface area (Å²) in [6.45, 7) is 5.82. The summed E-state index contributed by atoms with van der Waals surface area (Å²) in [7, 11) is 0. The quantitative estimate of drug-likeness (QED) is 0.652. The molecule has 1 heterocycles. The van der Waals surface area contributed by atoms with E-state index in [9.17, 15) is 0 Å². The highest BCUT2D eigenvalue weighted by Gasteiger charge is 2.05. The molecule has 0 aliphatic rings. The van der Waals surface area contributed by atoms with Gasteiger partial charge in [-0.25, -0.2) is 4.98 Å². The predicted molar refractivity (Wildman–Crippen MR) is 58.3 cm³/mol. The maximum Gasteiger partial charge on any atom is 0.106 e. The van der Waals surface area contributed by atoms with Gasteiger partial charge in [-0.15, -0.1) is 6.58 Å². The third kappa shape index (κ3) is 3.28. The topological polar surface area (TPSA) is 38.9 Å². The van der Waals surface area contributed by atoms with Crippen LogP contribution in [0.25, 0.3) is 0 Å². The van der Waals surface area contributed by atoms with Crippen molar-refractivity contribution in [3.05, 3.63) is 40.6 Å². The van der Waals surface area contributed by atoms with E-state index >= 15 is 0 Å². The lowest BCUT2D eigenvalue weighted by Crippen LogP contribution is -2.10. The lowest BCUT2D eigenvalue weighted by molar-refractivity contribution is 0.715. The Morgan fingerprint density at radius 3 is 3.00 bits per heavy atom. The molecule has 1 aromatic rings. The van der Waals surface area contributed by atoms with E-state index in [0.29, 0.717) is 0 Å². The van der Waals surface area contributed by atoms with E-state index in [1.807, 2.05) is 19.1 Å². The number of hydrogen-bond donors (Lipinski definition) is 1. The van der Waals surface area contributed by atoms with Crippen LogP contribution in [-0.4, -0.2) is 4.98 Å². The highest BCUT2D eigenvalue weighted by molar-refractivity contribution is 9.10. The zero-order valence-electron chi connectivity index (χ0n) is 7.63. The van der Waals surface area contributed by atoms with Gasteiger partial charge in [0.05, 0.1) is 0 Å². The van der Waals surface area contributed by atoms with Crippen LogP contribution in [0.5, 0.6) is 0 Å². The van der Waals surface area contributed by atoms with Gasteiger partial charge in [-0.3, -0.25) is 0 Å². The minimum atomic E-state index is 0.0248. The molecule has 0 unspecified atom stereocenters. The minimum absolute atomic E-state index is 0.0248. The van der Waals surface area contributed by atoms with E-state index in [4.69, 9.17) is 5.73 Å². The lowest BCUT2D eigenvalue weighted by Gasteiger charge is -2.11. The van der Waals surface area contributed by atoms with Crippen LogP contribution in [0.4, 0.5) is 0 Å². The van der Waals surface area contributed by atoms with Crippen molar-refractivity contribution in [1.82, 2.24) is 4.98 Å². The molecule has 0 fully saturated rings. The highest BCUT2D eigenvalue weighted by atomic mass is 79.9. The summed E-state index contributed by atoms with van der Waals surface area (Å²) in [5.74, 6) is 0. The predicted octanol–water partition coefficient (Wildman–Crippen LogP) is 2.81. The van der Waals surface area contributed by atoms with Gasteiger partial charge in [0.2, 0.25) is 0 Å². The molecule has 13 heavy (non-hydrogen) atoms. The second-order valence-corrected chi connectivity index (χ2v) is 3.99. The van der Waals surface area contributed by atoms with E-state index in [0.717, 1.165) is 22.2 Å². The first-order valence-corrected chi connectivity index (χ1v) is 4.90. The zero-order chi connectivity index (χ0) is 9.84. The van der Waals surface area contributed by atoms with Gasteiger partial charge in [0, 0.05) is 12.2 Å². The Bertz CT molecular complexity index is 310. The van der Waals surface area contributed by atoms with Gasteiger partial charge in [0.1, 0.15) is 4.60 Å². The Kier molecular flexibility index (Phi) is 3.63. The van der Waals surface area contributed by atoms with Gasteiger partial charge in [0.25, 0.3) is 0 Å². The Labute approximate surface area is 87.0 Å². The minimum Gasteiger partial charge on any atom is -0.324 e. The molecular weight excluding hydrogens is 228 g/mol. The maximum absolute atomic E-state index is 5.96. The van der Waals surface area contributed by atoms with E-state index < -0.39 is 0 Å². The average molecular weight is 241 g/mol. The van der Waals surface area contributed by atoms with Crippen LogP contribution in [0.1, 0.15) is 24.9 Å². The van der Waals surface area contributed by atoms with E-state index in [1.165, 1.54) is 0 Å². The smallest absolute Gasteiger partial charge is 0.106 e. The summed E-state index contributed by atoms with van der Waals surface area (Å²) < 4.78 is 0.821. The number of halogens is 1. The maximum atomic E-state index is 5.96. The molecule has 0 radical (unpaired) electrons. The first-order chi connectivity index (χ1) is 6.09. The van der Waals surface area contributed by atoms with E-state index in [-0.39, 0.29) is 6.04 Å². The molecule has 1 rings (SSSR count). The molecule has 0 saturated heterocycles. The van der Waals surface area contributed by atoms with Gasteiger partial charge in [0.15, 0.2) is 0 Å². The summed E-state index contributed by atoms with van der Waals surface area (Å²) >= 11 is 3.31. The number of nitrogens with zero attached hydrogens (tertiary/aromatic N) is 1. The molecule has 0 amide bonds. The van der Waals surface area contributed by atoms with Crippen LogP contribution in [0.2, 0.25) is 0 Å². The lowest BCUT2D eigenvalue weighted by atomic mass is 10.0. The standard InChI is InChI=1S/C10H13BrN2/c1-7(2)5-9(12)8-3-4-13-10(11)6-8/h3-4,6,9H,1,5,12H2,2H3/t9-/m0/s1. The monoisotopic (exact) mass is 240 g/mol. The molecule has 0 aromatic carbocycles. The Hall–Kier alpha value is -0.670. The van der Waals surface area contributed by atoms with Crippen LogP contribution < -0.4 is 5.73 Å². The van der Waals surface area contributed by atoms with Gasteiger partial charge in [-0.05, 0) is 47.0 Å². The van der Waals surface area contributed by atoms with Crippen molar-refractivity contribution >= 4 is 15.9 Å². The summed E-state index contributed by atoms with van der Waals surface area (Å²) in [5.41, 5.74) is 8.14. The summed E-state index contributed by atoms with van der Waals surface area (Å²) in [6, 6.07) is 3.89. The van der Waals surface area contributed by atoms with Crippen molar-refractivity contribution in [2.45, 2.75) is 19.4 Å². The second kappa shape index (κ2) is 4.53. The van der Waals surface area contributed by atoms with Crippen molar-refractivity contribution < 1.29 is 0 Å². The van der Waals surface area contributed by atoms with Crippen LogP contribution in [0.3, 0.4) is 0 Å². The fourth-order valence-electron chi connectivity index (χ4n) is 1.14. The Morgan fingerprint density at radius 1 is 1.77 bits per heavy atom. The van der Waals surface area contributed by atoms with Crippen molar-refractivity contribution in [3.63, 3.8) is 0 Å². The van der Waals surface area contributed by atoms with E-state index in [2.05, 4.69) is 27.5 Å². The van der Waals surface area contributed by atoms with Crippen LogP contribution in [0.15, 0.2) is 35.1 Å². The summed E-state index contributed by atoms with van der Waals surface area (Å²) in [4.78, 5) is 4.04. The third-order valence-corrected chi connectivity index (χ3v) is 2.18. The first kappa shape index (κ1) is 10.4. The number of hydrogen-bond acceptors (Lipinski definition) is 2. The van der Waals surface area contributed by atoms with Crippen molar-refractivity contribution in [2.75, 3.05) is 0 Å². The molecule has 2 N–H and O–H groups in total. The SMILES string of the molecule is C=C(C)C[C@H](N)c1ccnc(Br)c1. The fourth-order valence-corrected chi connectivity index (χ4v) is 1.52. The summed E-state index contributed by atoms with van der Waals surface area (Å²) in [6.07, 6.45) is 2.56. The van der Waals surface area contributed by atoms with Gasteiger partial charge in [-0.2, -0.15) is 0 Å². The molecule has 0 aliphatic heterocycles. The van der Waals surface area contributed by atoms with Gasteiger partial charge >= 0.3 is 0 Å². The Morgan fingerprint density at radius 2 is 2.46 bits per heavy atom. The molecule has 70 valence electrons. The molecule has 0 aliphatic carbocycles. The van der Waals surface area contributed by atoms with Crippen molar-refractivity contribution in [2.24, 2.45) is 5.73 Å². The van der Waals surface area contributed by atoms with Gasteiger partial charge in [-0.1, -0.05) is 5.57 Å². The molecule has 3 heteroatoms. The largest absolute Gasteiger partial charge is 0.324 e. The van der Waals surface area contributed by atoms with E-state index in [1.54, 1.807) is 6.20 Å². The van der Waals surface area contributed by atoms with Crippen molar-refractivity contribution in [1.29, 1.82) is 0 Å². The number of aromatic nitrogens is 1. The number of rotatable bonds is 3. The number of pyridine rings is 1. The normalized spacial score (nSPS) is 12.5. The fraction of sp³-hybridized carbons (Fsp3) is 0.300. The second-order valence-electron chi connectivity index (χ2n) is 3.18. The molecular formula is C10H13BrN2. The molecule has 0 spiro atoms. The Balaban J connectivity index is 2.76. The highest BCUT2D eigenvalue weighted by Crippen LogP contribution is 2.19. The molecule has 0 bridgehead atoms. The summed E-state index contributed by atoms with van der Waals surface area (Å²) in [5, 5.41) is 0. The van der Waals surface area contributed by atoms with Gasteiger partial charge < -0.3 is 5.73 Å². The van der Waals surface area contributed by atoms with Crippen LogP contribution in [-0.2, 0) is 0 Å². The van der Waals surface area contributed by atoms with Crippen LogP contribution in [0, 0.1) is 0 Å².